The number of rotatable bonds is 5. The van der Waals surface area contributed by atoms with Crippen molar-refractivity contribution >= 4 is 11.8 Å². The summed E-state index contributed by atoms with van der Waals surface area (Å²) in [6.45, 7) is 1.13. The Balaban J connectivity index is 1.34. The second-order valence-electron chi connectivity index (χ2n) is 7.60. The number of benzene rings is 1. The van der Waals surface area contributed by atoms with Crippen LogP contribution in [0.3, 0.4) is 0 Å². The molecule has 6 nitrogen and oxygen atoms in total. The summed E-state index contributed by atoms with van der Waals surface area (Å²) in [5, 5.41) is 10.5. The average Bonchev–Trinajstić information content (AvgIpc) is 3.27. The fraction of sp³-hybridized carbons (Fsp3) is 0.476. The first-order valence-electron chi connectivity index (χ1n) is 9.88. The Morgan fingerprint density at radius 3 is 2.67 bits per heavy atom. The minimum Gasteiger partial charge on any atom is -0.351 e. The Morgan fingerprint density at radius 1 is 1.11 bits per heavy atom. The predicted octanol–water partition coefficient (Wildman–Crippen LogP) is 2.43. The van der Waals surface area contributed by atoms with Crippen molar-refractivity contribution in [3.8, 4) is 0 Å². The number of carbonyl (C=O) groups is 2. The van der Waals surface area contributed by atoms with Crippen LogP contribution in [-0.2, 0) is 24.3 Å². The Labute approximate surface area is 159 Å². The van der Waals surface area contributed by atoms with Crippen molar-refractivity contribution in [3.63, 3.8) is 0 Å². The number of amides is 2. The Bertz CT molecular complexity index is 809. The second kappa shape index (κ2) is 7.94. The molecule has 1 aliphatic carbocycles. The van der Waals surface area contributed by atoms with Crippen LogP contribution in [0.2, 0.25) is 0 Å². The van der Waals surface area contributed by atoms with E-state index in [0.717, 1.165) is 36.9 Å². The minimum absolute atomic E-state index is 0.0313. The molecule has 0 bridgehead atoms. The van der Waals surface area contributed by atoms with E-state index in [1.165, 1.54) is 6.42 Å². The van der Waals surface area contributed by atoms with Crippen molar-refractivity contribution in [2.75, 3.05) is 0 Å². The lowest BCUT2D eigenvalue weighted by Crippen LogP contribution is -2.40. The summed E-state index contributed by atoms with van der Waals surface area (Å²) in [5.41, 5.74) is 2.59. The molecule has 1 atom stereocenters. The van der Waals surface area contributed by atoms with Gasteiger partial charge in [-0.3, -0.25) is 14.3 Å². The van der Waals surface area contributed by atoms with Crippen LogP contribution >= 0.6 is 0 Å². The maximum absolute atomic E-state index is 12.6. The van der Waals surface area contributed by atoms with Crippen LogP contribution in [0, 0.1) is 5.92 Å². The quantitative estimate of drug-likeness (QED) is 0.853. The minimum atomic E-state index is -0.112. The van der Waals surface area contributed by atoms with Gasteiger partial charge in [0.1, 0.15) is 0 Å². The molecule has 2 aliphatic rings. The van der Waals surface area contributed by atoms with Gasteiger partial charge in [-0.1, -0.05) is 49.6 Å². The molecule has 0 saturated heterocycles. The molecule has 2 aromatic rings. The fourth-order valence-electron chi connectivity index (χ4n) is 4.13. The van der Waals surface area contributed by atoms with Gasteiger partial charge >= 0.3 is 0 Å². The molecule has 0 unspecified atom stereocenters. The van der Waals surface area contributed by atoms with Gasteiger partial charge < -0.3 is 10.6 Å². The summed E-state index contributed by atoms with van der Waals surface area (Å²) >= 11 is 0. The molecule has 142 valence electrons. The zero-order valence-electron chi connectivity index (χ0n) is 15.5. The molecule has 27 heavy (non-hydrogen) atoms. The number of fused-ring (bicyclic) bond motifs is 1. The summed E-state index contributed by atoms with van der Waals surface area (Å²) in [6.07, 6.45) is 7.82. The van der Waals surface area contributed by atoms with Crippen LogP contribution in [0.25, 0.3) is 0 Å². The monoisotopic (exact) mass is 366 g/mol. The highest BCUT2D eigenvalue weighted by Crippen LogP contribution is 2.25. The zero-order chi connectivity index (χ0) is 18.6. The third kappa shape index (κ3) is 4.04. The van der Waals surface area contributed by atoms with E-state index in [-0.39, 0.29) is 23.8 Å². The normalized spacial score (nSPS) is 19.5. The topological polar surface area (TPSA) is 76.0 Å². The first-order valence-corrected chi connectivity index (χ1v) is 9.88. The fourth-order valence-corrected chi connectivity index (χ4v) is 4.13. The highest BCUT2D eigenvalue weighted by molar-refractivity contribution is 5.95. The SMILES string of the molecule is O=C(NCc1ccccc1)c1cnn2c1C[C@H](NC(=O)C1CCCCC1)C2. The molecule has 1 saturated carbocycles. The standard InChI is InChI=1S/C21H26N4O2/c26-20(16-9-5-2-6-10-16)24-17-11-19-18(13-23-25(19)14-17)21(27)22-12-15-7-3-1-4-8-15/h1,3-4,7-8,13,16-17H,2,5-6,9-12,14H2,(H,22,27)(H,24,26)/t17-/m0/s1. The summed E-state index contributed by atoms with van der Waals surface area (Å²) in [7, 11) is 0. The lowest BCUT2D eigenvalue weighted by molar-refractivity contribution is -0.126. The molecular weight excluding hydrogens is 340 g/mol. The maximum atomic E-state index is 12.6. The molecular formula is C21H26N4O2. The third-order valence-corrected chi connectivity index (χ3v) is 5.64. The van der Waals surface area contributed by atoms with Crippen LogP contribution in [0.15, 0.2) is 36.5 Å². The maximum Gasteiger partial charge on any atom is 0.255 e. The van der Waals surface area contributed by atoms with E-state index in [4.69, 9.17) is 0 Å². The van der Waals surface area contributed by atoms with Gasteiger partial charge in [-0.05, 0) is 18.4 Å². The Hall–Kier alpha value is -2.63. The van der Waals surface area contributed by atoms with Gasteiger partial charge in [0.15, 0.2) is 0 Å². The van der Waals surface area contributed by atoms with Crippen LogP contribution in [0.4, 0.5) is 0 Å². The Kier molecular flexibility index (Phi) is 5.23. The van der Waals surface area contributed by atoms with E-state index in [2.05, 4.69) is 15.7 Å². The molecule has 1 aromatic heterocycles. The van der Waals surface area contributed by atoms with E-state index in [1.807, 2.05) is 35.0 Å². The second-order valence-corrected chi connectivity index (χ2v) is 7.60. The van der Waals surface area contributed by atoms with E-state index in [0.29, 0.717) is 25.1 Å². The molecule has 0 spiro atoms. The van der Waals surface area contributed by atoms with Crippen LogP contribution in [0.1, 0.15) is 53.7 Å². The molecule has 1 aliphatic heterocycles. The highest BCUT2D eigenvalue weighted by atomic mass is 16.2. The van der Waals surface area contributed by atoms with Crippen LogP contribution in [0.5, 0.6) is 0 Å². The van der Waals surface area contributed by atoms with Gasteiger partial charge in [0.05, 0.1) is 30.0 Å². The van der Waals surface area contributed by atoms with Gasteiger partial charge in [-0.2, -0.15) is 5.10 Å². The average molecular weight is 366 g/mol. The van der Waals surface area contributed by atoms with Crippen molar-refractivity contribution in [2.45, 2.75) is 57.7 Å². The van der Waals surface area contributed by atoms with E-state index < -0.39 is 0 Å². The lowest BCUT2D eigenvalue weighted by Gasteiger charge is -2.22. The number of nitrogens with zero attached hydrogens (tertiary/aromatic N) is 2. The van der Waals surface area contributed by atoms with E-state index >= 15 is 0 Å². The predicted molar refractivity (Wildman–Crippen MR) is 102 cm³/mol. The van der Waals surface area contributed by atoms with Crippen molar-refractivity contribution in [1.29, 1.82) is 0 Å². The van der Waals surface area contributed by atoms with E-state index in [9.17, 15) is 9.59 Å². The summed E-state index contributed by atoms with van der Waals surface area (Å²) < 4.78 is 1.85. The molecule has 1 fully saturated rings. The largest absolute Gasteiger partial charge is 0.351 e. The zero-order valence-corrected chi connectivity index (χ0v) is 15.5. The number of aromatic nitrogens is 2. The van der Waals surface area contributed by atoms with Crippen LogP contribution < -0.4 is 10.6 Å². The number of hydrogen-bond acceptors (Lipinski definition) is 3. The van der Waals surface area contributed by atoms with Gasteiger partial charge in [0.2, 0.25) is 5.91 Å². The van der Waals surface area contributed by atoms with Gasteiger partial charge in [-0.25, -0.2) is 0 Å². The molecule has 6 heteroatoms. The van der Waals surface area contributed by atoms with E-state index in [1.54, 1.807) is 6.20 Å². The molecule has 4 rings (SSSR count). The molecule has 1 aromatic carbocycles. The molecule has 0 radical (unpaired) electrons. The van der Waals surface area contributed by atoms with Gasteiger partial charge in [-0.15, -0.1) is 0 Å². The number of carbonyl (C=O) groups excluding carboxylic acids is 2. The smallest absolute Gasteiger partial charge is 0.255 e. The summed E-state index contributed by atoms with van der Waals surface area (Å²) in [5.74, 6) is 0.209. The molecule has 2 amide bonds. The van der Waals surface area contributed by atoms with Crippen molar-refractivity contribution < 1.29 is 9.59 Å². The summed E-state index contributed by atoms with van der Waals surface area (Å²) in [4.78, 5) is 25.0. The molecule has 2 heterocycles. The van der Waals surface area contributed by atoms with Gasteiger partial charge in [0, 0.05) is 18.9 Å². The Morgan fingerprint density at radius 2 is 1.89 bits per heavy atom. The first kappa shape index (κ1) is 17.8. The third-order valence-electron chi connectivity index (χ3n) is 5.64. The highest BCUT2D eigenvalue weighted by Gasteiger charge is 2.30. The molecule has 2 N–H and O–H groups in total. The van der Waals surface area contributed by atoms with Crippen molar-refractivity contribution in [1.82, 2.24) is 20.4 Å². The number of hydrogen-bond donors (Lipinski definition) is 2. The van der Waals surface area contributed by atoms with Crippen LogP contribution in [-0.4, -0.2) is 27.6 Å². The van der Waals surface area contributed by atoms with Gasteiger partial charge in [0.25, 0.3) is 5.91 Å². The lowest BCUT2D eigenvalue weighted by atomic mass is 9.88. The first-order chi connectivity index (χ1) is 13.2. The number of nitrogens with one attached hydrogen (secondary N) is 2. The summed E-state index contributed by atoms with van der Waals surface area (Å²) in [6, 6.07) is 9.87. The van der Waals surface area contributed by atoms with Crippen molar-refractivity contribution in [2.24, 2.45) is 5.92 Å². The van der Waals surface area contributed by atoms with Crippen molar-refractivity contribution in [3.05, 3.63) is 53.3 Å².